The van der Waals surface area contributed by atoms with Gasteiger partial charge in [0.25, 0.3) is 0 Å². The molecule has 0 atom stereocenters. The summed E-state index contributed by atoms with van der Waals surface area (Å²) in [4.78, 5) is 3.90. The van der Waals surface area contributed by atoms with Gasteiger partial charge in [-0.25, -0.2) is 0 Å². The van der Waals surface area contributed by atoms with Gasteiger partial charge in [-0.1, -0.05) is 69.1 Å². The third-order valence-corrected chi connectivity index (χ3v) is 6.98. The Morgan fingerprint density at radius 2 is 1.25 bits per heavy atom. The van der Waals surface area contributed by atoms with Gasteiger partial charge in [0.05, 0.1) is 0 Å². The number of aryl methyl sites for hydroxylation is 2. The van der Waals surface area contributed by atoms with E-state index in [0.29, 0.717) is 0 Å². The van der Waals surface area contributed by atoms with Crippen LogP contribution in [0.2, 0.25) is 0 Å². The Balaban J connectivity index is 1.85. The fourth-order valence-corrected chi connectivity index (χ4v) is 4.96. The minimum atomic E-state index is 1.28. The number of hydrogen-bond donors (Lipinski definition) is 0. The summed E-state index contributed by atoms with van der Waals surface area (Å²) < 4.78 is 0. The molecule has 0 aliphatic heterocycles. The second-order valence-electron chi connectivity index (χ2n) is 5.71. The lowest BCUT2D eigenvalue weighted by Gasteiger charge is -2.11. The Kier molecular flexibility index (Phi) is 5.99. The van der Waals surface area contributed by atoms with Crippen molar-refractivity contribution in [1.29, 1.82) is 0 Å². The Labute approximate surface area is 156 Å². The van der Waals surface area contributed by atoms with E-state index in [-0.39, 0.29) is 0 Å². The van der Waals surface area contributed by atoms with Crippen molar-refractivity contribution in [1.82, 2.24) is 0 Å². The van der Waals surface area contributed by atoms with E-state index in [1.807, 2.05) is 21.6 Å². The highest BCUT2D eigenvalue weighted by molar-refractivity contribution is 8.76. The topological polar surface area (TPSA) is 0 Å². The van der Waals surface area contributed by atoms with Crippen molar-refractivity contribution in [3.63, 3.8) is 0 Å². The van der Waals surface area contributed by atoms with Crippen LogP contribution in [0.5, 0.6) is 0 Å². The fourth-order valence-electron chi connectivity index (χ4n) is 2.40. The van der Waals surface area contributed by atoms with E-state index in [1.165, 1.54) is 36.9 Å². The predicted molar refractivity (Wildman–Crippen MR) is 111 cm³/mol. The summed E-state index contributed by atoms with van der Waals surface area (Å²) >= 11 is 1.78. The van der Waals surface area contributed by atoms with Gasteiger partial charge in [0, 0.05) is 14.7 Å². The van der Waals surface area contributed by atoms with Crippen LogP contribution in [0.15, 0.2) is 81.4 Å². The summed E-state index contributed by atoms with van der Waals surface area (Å²) in [7, 11) is 3.65. The Bertz CT molecular complexity index is 805. The van der Waals surface area contributed by atoms with Crippen LogP contribution >= 0.6 is 33.3 Å². The zero-order valence-electron chi connectivity index (χ0n) is 14.1. The molecule has 0 nitrogen and oxygen atoms in total. The van der Waals surface area contributed by atoms with Gasteiger partial charge in [-0.2, -0.15) is 0 Å². The molecule has 0 heterocycles. The second kappa shape index (κ2) is 8.19. The van der Waals surface area contributed by atoms with E-state index in [1.54, 1.807) is 11.8 Å². The lowest BCUT2D eigenvalue weighted by Crippen LogP contribution is -1.84. The van der Waals surface area contributed by atoms with Gasteiger partial charge in [-0.05, 0) is 61.6 Å². The molecule has 24 heavy (non-hydrogen) atoms. The van der Waals surface area contributed by atoms with Gasteiger partial charge in [0.2, 0.25) is 0 Å². The average molecular weight is 369 g/mol. The quantitative estimate of drug-likeness (QED) is 0.338. The molecule has 3 heteroatoms. The standard InChI is InChI=1S/C21H20S3/c1-15-4-9-19(10-5-15)23-24-21-13-6-16(2)14-20(21)17-7-11-18(22-3)12-8-17/h4-14H,1-3H3. The highest BCUT2D eigenvalue weighted by atomic mass is 33.1. The molecule has 0 N–H and O–H groups in total. The molecule has 3 aromatic rings. The maximum atomic E-state index is 2.28. The van der Waals surface area contributed by atoms with Crippen LogP contribution in [0.25, 0.3) is 11.1 Å². The summed E-state index contributed by atoms with van der Waals surface area (Å²) in [5.74, 6) is 0. The van der Waals surface area contributed by atoms with Crippen LogP contribution in [0.3, 0.4) is 0 Å². The first kappa shape index (κ1) is 17.5. The molecule has 0 fully saturated rings. The number of benzene rings is 3. The van der Waals surface area contributed by atoms with E-state index in [4.69, 9.17) is 0 Å². The highest BCUT2D eigenvalue weighted by Crippen LogP contribution is 2.42. The first-order valence-corrected chi connectivity index (χ1v) is 11.2. The van der Waals surface area contributed by atoms with Crippen molar-refractivity contribution in [3.8, 4) is 11.1 Å². The van der Waals surface area contributed by atoms with Gasteiger partial charge in [-0.15, -0.1) is 11.8 Å². The summed E-state index contributed by atoms with van der Waals surface area (Å²) in [5.41, 5.74) is 5.19. The third-order valence-electron chi connectivity index (χ3n) is 3.78. The van der Waals surface area contributed by atoms with E-state index >= 15 is 0 Å². The Hall–Kier alpha value is -1.29. The largest absolute Gasteiger partial charge is 0.130 e. The van der Waals surface area contributed by atoms with Crippen LogP contribution in [0, 0.1) is 13.8 Å². The molecule has 3 aromatic carbocycles. The van der Waals surface area contributed by atoms with Crippen LogP contribution in [0.1, 0.15) is 11.1 Å². The Morgan fingerprint density at radius 3 is 1.92 bits per heavy atom. The van der Waals surface area contributed by atoms with Crippen molar-refractivity contribution >= 4 is 33.3 Å². The van der Waals surface area contributed by atoms with Gasteiger partial charge < -0.3 is 0 Å². The average Bonchev–Trinajstić information content (AvgIpc) is 2.62. The number of rotatable bonds is 5. The Morgan fingerprint density at radius 1 is 0.625 bits per heavy atom. The molecule has 0 aliphatic rings. The van der Waals surface area contributed by atoms with Gasteiger partial charge in [0.1, 0.15) is 0 Å². The first-order valence-electron chi connectivity index (χ1n) is 7.82. The molecule has 0 unspecified atom stereocenters. The smallest absolute Gasteiger partial charge is 0.0264 e. The lowest BCUT2D eigenvalue weighted by molar-refractivity contribution is 1.36. The van der Waals surface area contributed by atoms with E-state index in [9.17, 15) is 0 Å². The summed E-state index contributed by atoms with van der Waals surface area (Å²) in [5, 5.41) is 0. The van der Waals surface area contributed by atoms with Crippen molar-refractivity contribution in [2.45, 2.75) is 28.5 Å². The van der Waals surface area contributed by atoms with Crippen molar-refractivity contribution < 1.29 is 0 Å². The molecule has 0 aromatic heterocycles. The van der Waals surface area contributed by atoms with Gasteiger partial charge >= 0.3 is 0 Å². The molecular weight excluding hydrogens is 348 g/mol. The fraction of sp³-hybridized carbons (Fsp3) is 0.143. The molecule has 122 valence electrons. The van der Waals surface area contributed by atoms with Crippen LogP contribution < -0.4 is 0 Å². The first-order chi connectivity index (χ1) is 11.7. The minimum Gasteiger partial charge on any atom is -0.130 e. The molecule has 0 bridgehead atoms. The third kappa shape index (κ3) is 4.41. The number of hydrogen-bond acceptors (Lipinski definition) is 3. The molecule has 0 saturated heterocycles. The maximum Gasteiger partial charge on any atom is 0.0264 e. The summed E-state index contributed by atoms with van der Waals surface area (Å²) in [6, 6.07) is 24.3. The molecule has 0 radical (unpaired) electrons. The van der Waals surface area contributed by atoms with Crippen molar-refractivity contribution in [2.75, 3.05) is 6.26 Å². The SMILES string of the molecule is CSc1ccc(-c2cc(C)ccc2SSc2ccc(C)cc2)cc1. The maximum absolute atomic E-state index is 2.28. The molecular formula is C21H20S3. The zero-order chi connectivity index (χ0) is 16.9. The zero-order valence-corrected chi connectivity index (χ0v) is 16.5. The highest BCUT2D eigenvalue weighted by Gasteiger charge is 2.08. The van der Waals surface area contributed by atoms with Crippen molar-refractivity contribution in [2.24, 2.45) is 0 Å². The van der Waals surface area contributed by atoms with Crippen LogP contribution in [-0.4, -0.2) is 6.26 Å². The number of thioether (sulfide) groups is 1. The summed E-state index contributed by atoms with van der Waals surface area (Å²) in [6.45, 7) is 4.28. The minimum absolute atomic E-state index is 1.28. The van der Waals surface area contributed by atoms with Gasteiger partial charge in [-0.3, -0.25) is 0 Å². The van der Waals surface area contributed by atoms with Gasteiger partial charge in [0.15, 0.2) is 0 Å². The molecule has 0 aliphatic carbocycles. The van der Waals surface area contributed by atoms with E-state index in [2.05, 4.69) is 86.8 Å². The lowest BCUT2D eigenvalue weighted by atomic mass is 10.0. The van der Waals surface area contributed by atoms with E-state index < -0.39 is 0 Å². The molecule has 0 saturated carbocycles. The van der Waals surface area contributed by atoms with Crippen LogP contribution in [-0.2, 0) is 0 Å². The van der Waals surface area contributed by atoms with Crippen molar-refractivity contribution in [3.05, 3.63) is 77.9 Å². The second-order valence-corrected chi connectivity index (χ2v) is 8.83. The molecule has 3 rings (SSSR count). The monoisotopic (exact) mass is 368 g/mol. The molecule has 0 amide bonds. The summed E-state index contributed by atoms with van der Waals surface area (Å²) in [6.07, 6.45) is 2.11. The van der Waals surface area contributed by atoms with E-state index in [0.717, 1.165) is 0 Å². The predicted octanol–water partition coefficient (Wildman–Crippen LogP) is 7.49. The normalized spacial score (nSPS) is 10.8. The van der Waals surface area contributed by atoms with Crippen LogP contribution in [0.4, 0.5) is 0 Å². The molecule has 0 spiro atoms.